The molecule has 2 aliphatic rings. The number of hydrogen-bond donors (Lipinski definition) is 1. The lowest BCUT2D eigenvalue weighted by Crippen LogP contribution is -2.47. The minimum atomic E-state index is -0.243. The van der Waals surface area contributed by atoms with E-state index in [0.717, 1.165) is 62.0 Å². The zero-order valence-corrected chi connectivity index (χ0v) is 14.7. The average Bonchev–Trinajstić information content (AvgIpc) is 2.86. The molecule has 136 valence electrons. The van der Waals surface area contributed by atoms with Crippen LogP contribution in [0.5, 0.6) is 5.75 Å². The second-order valence-electron chi connectivity index (χ2n) is 6.74. The quantitative estimate of drug-likeness (QED) is 0.881. The maximum Gasteiger partial charge on any atom is 0.218 e. The van der Waals surface area contributed by atoms with Crippen LogP contribution in [0.3, 0.4) is 0 Å². The van der Waals surface area contributed by atoms with Crippen LogP contribution >= 0.6 is 0 Å². The summed E-state index contributed by atoms with van der Waals surface area (Å²) in [7, 11) is 0. The van der Waals surface area contributed by atoms with Crippen molar-refractivity contribution < 1.29 is 9.53 Å². The molecular formula is C19H23N5O2. The Kier molecular flexibility index (Phi) is 4.71. The molecule has 1 saturated heterocycles. The van der Waals surface area contributed by atoms with Crippen molar-refractivity contribution in [2.24, 2.45) is 5.73 Å². The van der Waals surface area contributed by atoms with Crippen molar-refractivity contribution in [3.8, 4) is 5.75 Å². The molecular weight excluding hydrogens is 330 g/mol. The van der Waals surface area contributed by atoms with E-state index in [1.165, 1.54) is 5.56 Å². The van der Waals surface area contributed by atoms with Gasteiger partial charge < -0.3 is 15.4 Å². The molecule has 1 aromatic carbocycles. The van der Waals surface area contributed by atoms with Crippen LogP contribution in [0.4, 0.5) is 5.82 Å². The SMILES string of the molecule is NC(=O)CCN1CCN(c2ncnc3c2Cc2ccccc2OC3)CC1. The highest BCUT2D eigenvalue weighted by Gasteiger charge is 2.24. The summed E-state index contributed by atoms with van der Waals surface area (Å²) in [6.45, 7) is 4.76. The van der Waals surface area contributed by atoms with Gasteiger partial charge in [0, 0.05) is 51.1 Å². The normalized spacial score (nSPS) is 17.0. The zero-order valence-electron chi connectivity index (χ0n) is 14.7. The van der Waals surface area contributed by atoms with Gasteiger partial charge in [0.1, 0.15) is 24.5 Å². The van der Waals surface area contributed by atoms with Gasteiger partial charge in [0.2, 0.25) is 5.91 Å². The first-order chi connectivity index (χ1) is 12.7. The van der Waals surface area contributed by atoms with Gasteiger partial charge in [-0.1, -0.05) is 18.2 Å². The second-order valence-corrected chi connectivity index (χ2v) is 6.74. The highest BCUT2D eigenvalue weighted by atomic mass is 16.5. The van der Waals surface area contributed by atoms with E-state index in [1.807, 2.05) is 18.2 Å². The predicted molar refractivity (Wildman–Crippen MR) is 98.1 cm³/mol. The van der Waals surface area contributed by atoms with Crippen molar-refractivity contribution in [2.75, 3.05) is 37.6 Å². The van der Waals surface area contributed by atoms with Crippen LogP contribution in [0, 0.1) is 0 Å². The summed E-state index contributed by atoms with van der Waals surface area (Å²) >= 11 is 0. The van der Waals surface area contributed by atoms with Crippen LogP contribution in [0.25, 0.3) is 0 Å². The van der Waals surface area contributed by atoms with Gasteiger partial charge in [-0.3, -0.25) is 9.69 Å². The third-order valence-electron chi connectivity index (χ3n) is 5.06. The largest absolute Gasteiger partial charge is 0.487 e. The summed E-state index contributed by atoms with van der Waals surface area (Å²) in [5, 5.41) is 0. The number of primary amides is 1. The standard InChI is InChI=1S/C19H23N5O2/c20-18(25)5-6-23-7-9-24(10-8-23)19-15-11-14-3-1-2-4-17(14)26-12-16(15)21-13-22-19/h1-4,13H,5-12H2,(H2,20,25). The molecule has 7 nitrogen and oxygen atoms in total. The van der Waals surface area contributed by atoms with Gasteiger partial charge in [0.15, 0.2) is 0 Å². The van der Waals surface area contributed by atoms with Crippen LogP contribution in [-0.4, -0.2) is 53.5 Å². The fraction of sp³-hybridized carbons (Fsp3) is 0.421. The maximum absolute atomic E-state index is 11.0. The summed E-state index contributed by atoms with van der Waals surface area (Å²) in [4.78, 5) is 24.6. The Morgan fingerprint density at radius 1 is 1.15 bits per heavy atom. The maximum atomic E-state index is 11.0. The van der Waals surface area contributed by atoms with E-state index in [9.17, 15) is 4.79 Å². The van der Waals surface area contributed by atoms with Crippen molar-refractivity contribution in [3.05, 3.63) is 47.4 Å². The van der Waals surface area contributed by atoms with Crippen LogP contribution in [-0.2, 0) is 17.8 Å². The molecule has 0 aliphatic carbocycles. The van der Waals surface area contributed by atoms with Crippen LogP contribution in [0.15, 0.2) is 30.6 Å². The molecule has 4 rings (SSSR count). The number of rotatable bonds is 4. The van der Waals surface area contributed by atoms with Crippen molar-refractivity contribution in [1.82, 2.24) is 14.9 Å². The van der Waals surface area contributed by atoms with E-state index >= 15 is 0 Å². The molecule has 1 fully saturated rings. The molecule has 3 heterocycles. The first kappa shape index (κ1) is 16.8. The molecule has 2 aliphatic heterocycles. The third kappa shape index (κ3) is 3.48. The zero-order chi connectivity index (χ0) is 17.9. The van der Waals surface area contributed by atoms with Gasteiger partial charge in [-0.15, -0.1) is 0 Å². The van der Waals surface area contributed by atoms with Crippen molar-refractivity contribution >= 4 is 11.7 Å². The van der Waals surface area contributed by atoms with Crippen LogP contribution in [0.1, 0.15) is 23.2 Å². The highest BCUT2D eigenvalue weighted by molar-refractivity contribution is 5.73. The molecule has 1 aromatic heterocycles. The lowest BCUT2D eigenvalue weighted by molar-refractivity contribution is -0.118. The van der Waals surface area contributed by atoms with E-state index in [1.54, 1.807) is 6.33 Å². The lowest BCUT2D eigenvalue weighted by atomic mass is 10.0. The van der Waals surface area contributed by atoms with E-state index in [0.29, 0.717) is 13.0 Å². The van der Waals surface area contributed by atoms with Gasteiger partial charge in [-0.2, -0.15) is 0 Å². The van der Waals surface area contributed by atoms with Gasteiger partial charge >= 0.3 is 0 Å². The number of nitrogens with zero attached hydrogens (tertiary/aromatic N) is 4. The number of fused-ring (bicyclic) bond motifs is 2. The number of anilines is 1. The number of aromatic nitrogens is 2. The number of piperazine rings is 1. The predicted octanol–water partition coefficient (Wildman–Crippen LogP) is 0.957. The van der Waals surface area contributed by atoms with Crippen LogP contribution in [0.2, 0.25) is 0 Å². The summed E-state index contributed by atoms with van der Waals surface area (Å²) in [5.41, 5.74) is 8.54. The van der Waals surface area contributed by atoms with Gasteiger partial charge in [-0.25, -0.2) is 9.97 Å². The number of hydrogen-bond acceptors (Lipinski definition) is 6. The number of ether oxygens (including phenoxy) is 1. The first-order valence-corrected chi connectivity index (χ1v) is 9.00. The Morgan fingerprint density at radius 3 is 2.77 bits per heavy atom. The fourth-order valence-electron chi connectivity index (χ4n) is 3.59. The Hall–Kier alpha value is -2.67. The number of para-hydroxylation sites is 1. The average molecular weight is 353 g/mol. The van der Waals surface area contributed by atoms with Crippen LogP contribution < -0.4 is 15.4 Å². The Balaban J connectivity index is 1.52. The van der Waals surface area contributed by atoms with E-state index in [-0.39, 0.29) is 5.91 Å². The number of nitrogens with two attached hydrogens (primary N) is 1. The smallest absolute Gasteiger partial charge is 0.218 e. The molecule has 1 amide bonds. The van der Waals surface area contributed by atoms with E-state index < -0.39 is 0 Å². The summed E-state index contributed by atoms with van der Waals surface area (Å²) in [6.07, 6.45) is 2.83. The molecule has 0 radical (unpaired) electrons. The van der Waals surface area contributed by atoms with Crippen molar-refractivity contribution in [3.63, 3.8) is 0 Å². The fourth-order valence-corrected chi connectivity index (χ4v) is 3.59. The number of benzene rings is 1. The van der Waals surface area contributed by atoms with E-state index in [4.69, 9.17) is 10.5 Å². The number of amides is 1. The highest BCUT2D eigenvalue weighted by Crippen LogP contribution is 2.31. The first-order valence-electron chi connectivity index (χ1n) is 9.00. The Morgan fingerprint density at radius 2 is 1.96 bits per heavy atom. The monoisotopic (exact) mass is 353 g/mol. The summed E-state index contributed by atoms with van der Waals surface area (Å²) < 4.78 is 5.93. The molecule has 0 spiro atoms. The number of carbonyl (C=O) groups excluding carboxylic acids is 1. The lowest BCUT2D eigenvalue weighted by Gasteiger charge is -2.36. The summed E-state index contributed by atoms with van der Waals surface area (Å²) in [6, 6.07) is 8.13. The number of carbonyl (C=O) groups is 1. The summed E-state index contributed by atoms with van der Waals surface area (Å²) in [5.74, 6) is 1.68. The molecule has 2 aromatic rings. The topological polar surface area (TPSA) is 84.6 Å². The molecule has 0 saturated carbocycles. The van der Waals surface area contributed by atoms with Crippen molar-refractivity contribution in [1.29, 1.82) is 0 Å². The third-order valence-corrected chi connectivity index (χ3v) is 5.06. The Bertz CT molecular complexity index is 802. The molecule has 0 atom stereocenters. The molecule has 0 bridgehead atoms. The van der Waals surface area contributed by atoms with Crippen molar-refractivity contribution in [2.45, 2.75) is 19.4 Å². The molecule has 2 N–H and O–H groups in total. The molecule has 7 heteroatoms. The van der Waals surface area contributed by atoms with Gasteiger partial charge in [0.25, 0.3) is 0 Å². The van der Waals surface area contributed by atoms with Gasteiger partial charge in [-0.05, 0) is 11.6 Å². The Labute approximate surface area is 152 Å². The van der Waals surface area contributed by atoms with E-state index in [2.05, 4.69) is 25.8 Å². The molecule has 26 heavy (non-hydrogen) atoms. The second kappa shape index (κ2) is 7.29. The minimum absolute atomic E-state index is 0.243. The molecule has 0 unspecified atom stereocenters. The minimum Gasteiger partial charge on any atom is -0.487 e. The van der Waals surface area contributed by atoms with Gasteiger partial charge in [0.05, 0.1) is 5.69 Å².